The lowest BCUT2D eigenvalue weighted by Gasteiger charge is -2.34. The zero-order chi connectivity index (χ0) is 28.8. The number of hydrogen-bond acceptors (Lipinski definition) is 8. The highest BCUT2D eigenvalue weighted by Crippen LogP contribution is 2.46. The highest BCUT2D eigenvalue weighted by molar-refractivity contribution is 7.90. The molecule has 40 heavy (non-hydrogen) atoms. The van der Waals surface area contributed by atoms with Crippen LogP contribution in [-0.2, 0) is 19.7 Å². The molecule has 2 saturated carbocycles. The molecule has 2 aromatic rings. The number of benzene rings is 1. The molecule has 0 N–H and O–H groups in total. The van der Waals surface area contributed by atoms with Crippen LogP contribution in [0.25, 0.3) is 0 Å². The van der Waals surface area contributed by atoms with Crippen molar-refractivity contribution in [2.24, 2.45) is 0 Å². The van der Waals surface area contributed by atoms with Crippen LogP contribution in [0, 0.1) is 11.6 Å². The highest BCUT2D eigenvalue weighted by Gasteiger charge is 2.50. The van der Waals surface area contributed by atoms with Crippen LogP contribution in [0.5, 0.6) is 5.75 Å². The summed E-state index contributed by atoms with van der Waals surface area (Å²) in [5.74, 6) is -5.91. The van der Waals surface area contributed by atoms with E-state index < -0.39 is 61.1 Å². The van der Waals surface area contributed by atoms with Gasteiger partial charge in [0.15, 0.2) is 0 Å². The van der Waals surface area contributed by atoms with Crippen LogP contribution in [0.4, 0.5) is 27.8 Å². The number of amides is 1. The molecule has 0 bridgehead atoms. The summed E-state index contributed by atoms with van der Waals surface area (Å²) in [7, 11) is -4.82. The van der Waals surface area contributed by atoms with Gasteiger partial charge in [-0.2, -0.15) is 13.2 Å². The molecule has 3 fully saturated rings. The molecule has 2 aliphatic carbocycles. The summed E-state index contributed by atoms with van der Waals surface area (Å²) in [6.07, 6.45) is -2.21. The fourth-order valence-corrected chi connectivity index (χ4v) is 5.97. The Morgan fingerprint density at radius 2 is 1.77 bits per heavy atom. The molecule has 3 aliphatic rings. The van der Waals surface area contributed by atoms with E-state index in [1.165, 1.54) is 12.1 Å². The first-order chi connectivity index (χ1) is 18.8. The number of ether oxygens (including phenoxy) is 1. The van der Waals surface area contributed by atoms with Crippen molar-refractivity contribution >= 4 is 27.7 Å². The molecule has 9 nitrogen and oxygen atoms in total. The summed E-state index contributed by atoms with van der Waals surface area (Å²) in [5.41, 5.74) is -0.484. The second-order valence-corrected chi connectivity index (χ2v) is 12.0. The molecule has 1 aromatic heterocycles. The minimum Gasteiger partial charge on any atom is -0.488 e. The number of alkyl halides is 3. The monoisotopic (exact) mass is 589 g/mol. The number of sulfonamides is 1. The molecule has 0 unspecified atom stereocenters. The summed E-state index contributed by atoms with van der Waals surface area (Å²) in [6.45, 7) is 0.990. The van der Waals surface area contributed by atoms with E-state index in [1.807, 2.05) is 4.90 Å². The second kappa shape index (κ2) is 10.5. The number of anilines is 1. The van der Waals surface area contributed by atoms with E-state index in [9.17, 15) is 35.6 Å². The Kier molecular flexibility index (Phi) is 7.35. The van der Waals surface area contributed by atoms with Crippen molar-refractivity contribution in [3.8, 4) is 5.75 Å². The van der Waals surface area contributed by atoms with Crippen LogP contribution >= 0.6 is 0 Å². The maximum atomic E-state index is 15.3. The van der Waals surface area contributed by atoms with Gasteiger partial charge in [0.05, 0.1) is 23.6 Å². The third-order valence-corrected chi connectivity index (χ3v) is 8.81. The zero-order valence-corrected chi connectivity index (χ0v) is 21.7. The van der Waals surface area contributed by atoms with Crippen molar-refractivity contribution in [1.29, 1.82) is 0 Å². The first-order valence-corrected chi connectivity index (χ1v) is 14.1. The third kappa shape index (κ3) is 5.98. The second-order valence-electron chi connectivity index (χ2n) is 9.96. The van der Waals surface area contributed by atoms with Crippen molar-refractivity contribution in [3.05, 3.63) is 53.2 Å². The predicted octanol–water partition coefficient (Wildman–Crippen LogP) is 4.24. The smallest absolute Gasteiger partial charge is 0.488 e. The lowest BCUT2D eigenvalue weighted by Crippen LogP contribution is -2.44. The van der Waals surface area contributed by atoms with Crippen molar-refractivity contribution in [2.75, 3.05) is 18.0 Å². The van der Waals surface area contributed by atoms with Crippen LogP contribution in [0.15, 0.2) is 30.5 Å². The standard InChI is InChI=1S/C25H24F5N3O6S/c26-15-5-8-22(31-12-15)32-9-1-2-16(13-32)38-21-11-20(27)19(10-18(21)14-3-4-14)23(34)33(39-24(35)25(28,29)30)40(36,37)17-6-7-17/h5,8,10-12,14,16-17H,1-4,6-7,9,13H2/t16-/m1/s1. The number of hydrogen-bond donors (Lipinski definition) is 0. The molecular weight excluding hydrogens is 565 g/mol. The minimum atomic E-state index is -5.59. The Morgan fingerprint density at radius 3 is 2.38 bits per heavy atom. The topological polar surface area (TPSA) is 106 Å². The third-order valence-electron chi connectivity index (χ3n) is 6.79. The maximum absolute atomic E-state index is 15.3. The van der Waals surface area contributed by atoms with E-state index in [2.05, 4.69) is 9.82 Å². The summed E-state index contributed by atoms with van der Waals surface area (Å²) < 4.78 is 97.9. The summed E-state index contributed by atoms with van der Waals surface area (Å²) in [6, 6.07) is 4.75. The van der Waals surface area contributed by atoms with E-state index >= 15 is 4.39 Å². The van der Waals surface area contributed by atoms with Crippen molar-refractivity contribution in [3.63, 3.8) is 0 Å². The predicted molar refractivity (Wildman–Crippen MR) is 129 cm³/mol. The maximum Gasteiger partial charge on any atom is 0.493 e. The average molecular weight is 590 g/mol. The molecule has 216 valence electrons. The molecule has 15 heteroatoms. The number of hydroxylamine groups is 1. The summed E-state index contributed by atoms with van der Waals surface area (Å²) in [5, 5.41) is -1.23. The van der Waals surface area contributed by atoms with Crippen molar-refractivity contribution in [1.82, 2.24) is 9.45 Å². The number of pyridine rings is 1. The number of halogens is 5. The lowest BCUT2D eigenvalue weighted by molar-refractivity contribution is -0.217. The lowest BCUT2D eigenvalue weighted by atomic mass is 10.0. The SMILES string of the molecule is O=C(c1cc(C2CC2)c(O[C@@H]2CCCN(c3ccc(F)cn3)C2)cc1F)N(OC(=O)C(F)(F)F)S(=O)(=O)C1CC1. The van der Waals surface area contributed by atoms with E-state index in [1.54, 1.807) is 0 Å². The van der Waals surface area contributed by atoms with Crippen LogP contribution in [-0.4, -0.2) is 60.4 Å². The molecule has 1 atom stereocenters. The van der Waals surface area contributed by atoms with Gasteiger partial charge in [-0.25, -0.2) is 27.0 Å². The summed E-state index contributed by atoms with van der Waals surface area (Å²) >= 11 is 0. The van der Waals surface area contributed by atoms with Gasteiger partial charge >= 0.3 is 18.1 Å². The molecule has 0 radical (unpaired) electrons. The Labute approximate surface area is 225 Å². The van der Waals surface area contributed by atoms with Gasteiger partial charge in [0, 0.05) is 12.6 Å². The van der Waals surface area contributed by atoms with Crippen LogP contribution < -0.4 is 9.64 Å². The Morgan fingerprint density at radius 1 is 1.05 bits per heavy atom. The Bertz CT molecular complexity index is 1410. The van der Waals surface area contributed by atoms with E-state index in [0.717, 1.165) is 18.3 Å². The average Bonchev–Trinajstić information content (AvgIpc) is 3.80. The van der Waals surface area contributed by atoms with Crippen molar-refractivity contribution in [2.45, 2.75) is 62.0 Å². The van der Waals surface area contributed by atoms with Gasteiger partial charge in [-0.15, -0.1) is 0 Å². The zero-order valence-electron chi connectivity index (χ0n) is 20.9. The quantitative estimate of drug-likeness (QED) is 0.349. The normalized spacial score (nSPS) is 19.7. The van der Waals surface area contributed by atoms with Gasteiger partial charge in [0.25, 0.3) is 10.0 Å². The van der Waals surface area contributed by atoms with Gasteiger partial charge in [0.2, 0.25) is 0 Å². The van der Waals surface area contributed by atoms with Crippen LogP contribution in [0.2, 0.25) is 0 Å². The molecule has 2 heterocycles. The van der Waals surface area contributed by atoms with E-state index in [-0.39, 0.29) is 24.5 Å². The van der Waals surface area contributed by atoms with Gasteiger partial charge in [-0.1, -0.05) is 4.47 Å². The Hall–Kier alpha value is -3.49. The van der Waals surface area contributed by atoms with Gasteiger partial charge < -0.3 is 14.5 Å². The largest absolute Gasteiger partial charge is 0.493 e. The van der Waals surface area contributed by atoms with Crippen LogP contribution in [0.3, 0.4) is 0 Å². The molecule has 5 rings (SSSR count). The number of piperidine rings is 1. The first kappa shape index (κ1) is 28.1. The number of aromatic nitrogens is 1. The molecule has 1 aromatic carbocycles. The van der Waals surface area contributed by atoms with Crippen molar-refractivity contribution < 1.29 is 49.5 Å². The Balaban J connectivity index is 1.41. The summed E-state index contributed by atoms with van der Waals surface area (Å²) in [4.78, 5) is 34.5. The number of nitrogens with zero attached hydrogens (tertiary/aromatic N) is 3. The van der Waals surface area contributed by atoms with Gasteiger partial charge in [-0.3, -0.25) is 4.79 Å². The van der Waals surface area contributed by atoms with Crippen LogP contribution in [0.1, 0.15) is 60.4 Å². The molecule has 1 aliphatic heterocycles. The first-order valence-electron chi connectivity index (χ1n) is 12.6. The fourth-order valence-electron chi connectivity index (χ4n) is 4.46. The van der Waals surface area contributed by atoms with Gasteiger partial charge in [0.1, 0.15) is 29.3 Å². The number of rotatable bonds is 7. The minimum absolute atomic E-state index is 0.0457. The van der Waals surface area contributed by atoms with E-state index in [0.29, 0.717) is 50.2 Å². The molecule has 1 amide bonds. The van der Waals surface area contributed by atoms with Gasteiger partial charge in [-0.05, 0) is 68.2 Å². The molecule has 0 spiro atoms. The number of carbonyl (C=O) groups excluding carboxylic acids is 2. The molecular formula is C25H24F5N3O6S. The fraction of sp³-hybridized carbons (Fsp3) is 0.480. The number of carbonyl (C=O) groups is 2. The van der Waals surface area contributed by atoms with E-state index in [4.69, 9.17) is 4.74 Å². The molecule has 1 saturated heterocycles. The highest BCUT2D eigenvalue weighted by atomic mass is 32.2.